The van der Waals surface area contributed by atoms with Crippen LogP contribution in [0, 0.1) is 0 Å². The number of benzene rings is 1. The van der Waals surface area contributed by atoms with Gasteiger partial charge in [-0.1, -0.05) is 11.6 Å². The summed E-state index contributed by atoms with van der Waals surface area (Å²) in [5.41, 5.74) is 0. The number of sulfonamides is 1. The summed E-state index contributed by atoms with van der Waals surface area (Å²) >= 11 is 5.94. The van der Waals surface area contributed by atoms with Gasteiger partial charge in [-0.25, -0.2) is 12.7 Å². The highest BCUT2D eigenvalue weighted by Crippen LogP contribution is 2.28. The summed E-state index contributed by atoms with van der Waals surface area (Å²) < 4.78 is 30.3. The van der Waals surface area contributed by atoms with Gasteiger partial charge in [0.1, 0.15) is 10.6 Å². The van der Waals surface area contributed by atoms with E-state index < -0.39 is 27.7 Å². The molecule has 0 saturated heterocycles. The number of hydrogen-bond donors (Lipinski definition) is 0. The van der Waals surface area contributed by atoms with Crippen LogP contribution in [0.3, 0.4) is 0 Å². The Morgan fingerprint density at radius 3 is 2.10 bits per heavy atom. The molecule has 0 aliphatic carbocycles. The zero-order chi connectivity index (χ0) is 16.4. The van der Waals surface area contributed by atoms with Crippen molar-refractivity contribution < 1.29 is 22.7 Å². The Morgan fingerprint density at radius 2 is 1.71 bits per heavy atom. The van der Waals surface area contributed by atoms with Crippen LogP contribution in [0.5, 0.6) is 5.75 Å². The number of nitrogens with zero attached hydrogens (tertiary/aromatic N) is 1. The van der Waals surface area contributed by atoms with E-state index in [-0.39, 0.29) is 15.7 Å². The summed E-state index contributed by atoms with van der Waals surface area (Å²) in [7, 11) is -0.900. The minimum atomic E-state index is -3.67. The molecule has 0 heterocycles. The van der Waals surface area contributed by atoms with Crippen LogP contribution in [0.1, 0.15) is 13.8 Å². The summed E-state index contributed by atoms with van der Waals surface area (Å²) in [5.74, 6) is -0.736. The Labute approximate surface area is 128 Å². The molecular weight excluding hydrogens is 318 g/mol. The van der Waals surface area contributed by atoms with Gasteiger partial charge in [0.25, 0.3) is 0 Å². The third-order valence-electron chi connectivity index (χ3n) is 2.65. The van der Waals surface area contributed by atoms with Crippen LogP contribution < -0.4 is 4.74 Å². The molecule has 0 radical (unpaired) electrons. The quantitative estimate of drug-likeness (QED) is 0.737. The first-order valence-corrected chi connectivity index (χ1v) is 7.78. The summed E-state index contributed by atoms with van der Waals surface area (Å²) in [4.78, 5) is 22.5. The van der Waals surface area contributed by atoms with Gasteiger partial charge in [0, 0.05) is 20.2 Å². The molecule has 0 aromatic heterocycles. The molecule has 1 rings (SSSR count). The molecule has 0 atom stereocenters. The maximum atomic E-state index is 12.0. The molecule has 116 valence electrons. The Morgan fingerprint density at radius 1 is 1.19 bits per heavy atom. The second-order valence-corrected chi connectivity index (χ2v) is 7.13. The van der Waals surface area contributed by atoms with Gasteiger partial charge in [-0.3, -0.25) is 9.59 Å². The van der Waals surface area contributed by atoms with E-state index in [2.05, 4.69) is 0 Å². The average molecular weight is 334 g/mol. The summed E-state index contributed by atoms with van der Waals surface area (Å²) in [5, 5.41) is -0.0490. The smallest absolute Gasteiger partial charge is 0.244 e. The van der Waals surface area contributed by atoms with Crippen LogP contribution in [0.25, 0.3) is 0 Å². The fourth-order valence-corrected chi connectivity index (χ4v) is 2.95. The Bertz CT molecular complexity index is 655. The zero-order valence-electron chi connectivity index (χ0n) is 12.1. The molecule has 0 aliphatic heterocycles. The standard InChI is InChI=1S/C13H16ClNO5S/c1-8(16)13(9(2)17)20-10-5-6-12(11(14)7-10)21(18,19)15(3)4/h5-7,13H,1-4H3. The molecule has 1 aromatic carbocycles. The lowest BCUT2D eigenvalue weighted by molar-refractivity contribution is -0.134. The second kappa shape index (κ2) is 6.55. The number of carbonyl (C=O) groups is 2. The fourth-order valence-electron chi connectivity index (χ4n) is 1.55. The topological polar surface area (TPSA) is 80.8 Å². The monoisotopic (exact) mass is 333 g/mol. The first-order chi connectivity index (χ1) is 9.57. The van der Waals surface area contributed by atoms with Crippen molar-refractivity contribution in [3.63, 3.8) is 0 Å². The van der Waals surface area contributed by atoms with E-state index in [4.69, 9.17) is 16.3 Å². The van der Waals surface area contributed by atoms with Crippen LogP contribution in [-0.2, 0) is 19.6 Å². The lowest BCUT2D eigenvalue weighted by Gasteiger charge is -2.16. The first kappa shape index (κ1) is 17.6. The Kier molecular flexibility index (Phi) is 5.49. The molecule has 1 aromatic rings. The van der Waals surface area contributed by atoms with E-state index >= 15 is 0 Å². The van der Waals surface area contributed by atoms with Gasteiger partial charge in [-0.05, 0) is 26.0 Å². The Hall–Kier alpha value is -1.44. The second-order valence-electron chi connectivity index (χ2n) is 4.60. The first-order valence-electron chi connectivity index (χ1n) is 5.97. The predicted molar refractivity (Wildman–Crippen MR) is 78.1 cm³/mol. The van der Waals surface area contributed by atoms with Gasteiger partial charge in [-0.2, -0.15) is 0 Å². The number of Topliss-reactive ketones (excluding diaryl/α,β-unsaturated/α-hetero) is 2. The number of ketones is 2. The number of rotatable bonds is 6. The Balaban J connectivity index is 3.15. The van der Waals surface area contributed by atoms with Gasteiger partial charge in [0.05, 0.1) is 5.02 Å². The lowest BCUT2D eigenvalue weighted by atomic mass is 10.2. The van der Waals surface area contributed by atoms with Crippen molar-refractivity contribution in [1.29, 1.82) is 0 Å². The van der Waals surface area contributed by atoms with Crippen molar-refractivity contribution in [3.05, 3.63) is 23.2 Å². The summed E-state index contributed by atoms with van der Waals surface area (Å²) in [6.45, 7) is 2.47. The fraction of sp³-hybridized carbons (Fsp3) is 0.385. The highest BCUT2D eigenvalue weighted by atomic mass is 35.5. The molecule has 0 N–H and O–H groups in total. The summed E-state index contributed by atoms with van der Waals surface area (Å²) in [6.07, 6.45) is -1.22. The van der Waals surface area contributed by atoms with Crippen LogP contribution in [-0.4, -0.2) is 44.5 Å². The van der Waals surface area contributed by atoms with Gasteiger partial charge in [-0.15, -0.1) is 0 Å². The molecule has 0 aliphatic rings. The highest BCUT2D eigenvalue weighted by molar-refractivity contribution is 7.89. The van der Waals surface area contributed by atoms with E-state index in [1.165, 1.54) is 46.1 Å². The van der Waals surface area contributed by atoms with Crippen molar-refractivity contribution in [2.75, 3.05) is 14.1 Å². The molecule has 0 unspecified atom stereocenters. The van der Waals surface area contributed by atoms with Crippen molar-refractivity contribution >= 4 is 33.2 Å². The van der Waals surface area contributed by atoms with Crippen LogP contribution in [0.4, 0.5) is 0 Å². The summed E-state index contributed by atoms with van der Waals surface area (Å²) in [6, 6.07) is 3.88. The van der Waals surface area contributed by atoms with E-state index in [0.717, 1.165) is 4.31 Å². The largest absolute Gasteiger partial charge is 0.475 e. The van der Waals surface area contributed by atoms with Gasteiger partial charge < -0.3 is 4.74 Å². The lowest BCUT2D eigenvalue weighted by Crippen LogP contribution is -2.32. The number of halogens is 1. The van der Waals surface area contributed by atoms with E-state index in [9.17, 15) is 18.0 Å². The highest BCUT2D eigenvalue weighted by Gasteiger charge is 2.24. The minimum absolute atomic E-state index is 0.0490. The molecule has 6 nitrogen and oxygen atoms in total. The van der Waals surface area contributed by atoms with Crippen molar-refractivity contribution in [2.24, 2.45) is 0 Å². The molecule has 0 bridgehead atoms. The normalized spacial score (nSPS) is 11.8. The molecule has 0 spiro atoms. The third-order valence-corrected chi connectivity index (χ3v) is 4.95. The molecular formula is C13H16ClNO5S. The van der Waals surface area contributed by atoms with Crippen molar-refractivity contribution in [3.8, 4) is 5.75 Å². The maximum absolute atomic E-state index is 12.0. The van der Waals surface area contributed by atoms with Gasteiger partial charge in [0.15, 0.2) is 11.6 Å². The predicted octanol–water partition coefficient (Wildman–Crippen LogP) is 1.52. The zero-order valence-corrected chi connectivity index (χ0v) is 13.7. The van der Waals surface area contributed by atoms with Crippen LogP contribution in [0.15, 0.2) is 23.1 Å². The van der Waals surface area contributed by atoms with Crippen LogP contribution >= 0.6 is 11.6 Å². The van der Waals surface area contributed by atoms with Gasteiger partial charge in [0.2, 0.25) is 16.1 Å². The molecule has 21 heavy (non-hydrogen) atoms. The van der Waals surface area contributed by atoms with Crippen LogP contribution in [0.2, 0.25) is 5.02 Å². The third kappa shape index (κ3) is 4.03. The molecule has 8 heteroatoms. The minimum Gasteiger partial charge on any atom is -0.475 e. The van der Waals surface area contributed by atoms with E-state index in [1.54, 1.807) is 0 Å². The molecule has 0 fully saturated rings. The number of carbonyl (C=O) groups excluding carboxylic acids is 2. The SMILES string of the molecule is CC(=O)C(Oc1ccc(S(=O)(=O)N(C)C)c(Cl)c1)C(C)=O. The maximum Gasteiger partial charge on any atom is 0.244 e. The average Bonchev–Trinajstić information content (AvgIpc) is 2.34. The van der Waals surface area contributed by atoms with Gasteiger partial charge >= 0.3 is 0 Å². The molecule has 0 amide bonds. The van der Waals surface area contributed by atoms with Crippen molar-refractivity contribution in [2.45, 2.75) is 24.8 Å². The van der Waals surface area contributed by atoms with E-state index in [0.29, 0.717) is 0 Å². The number of hydrogen-bond acceptors (Lipinski definition) is 5. The number of ether oxygens (including phenoxy) is 1. The van der Waals surface area contributed by atoms with Crippen molar-refractivity contribution in [1.82, 2.24) is 4.31 Å². The van der Waals surface area contributed by atoms with E-state index in [1.807, 2.05) is 0 Å². The molecule has 0 saturated carbocycles.